The lowest BCUT2D eigenvalue weighted by Crippen LogP contribution is -2.24. The summed E-state index contributed by atoms with van der Waals surface area (Å²) in [5.74, 6) is -0.112. The van der Waals surface area contributed by atoms with Crippen molar-refractivity contribution in [2.24, 2.45) is 0 Å². The number of benzene rings is 1. The van der Waals surface area contributed by atoms with Crippen molar-refractivity contribution in [1.29, 1.82) is 0 Å². The quantitative estimate of drug-likeness (QED) is 0.762. The van der Waals surface area contributed by atoms with E-state index in [1.165, 1.54) is 25.7 Å². The van der Waals surface area contributed by atoms with E-state index < -0.39 is 0 Å². The van der Waals surface area contributed by atoms with Gasteiger partial charge in [0.2, 0.25) is 0 Å². The van der Waals surface area contributed by atoms with Crippen LogP contribution in [0.1, 0.15) is 49.3 Å². The van der Waals surface area contributed by atoms with Crippen molar-refractivity contribution in [2.45, 2.75) is 45.1 Å². The molecule has 1 nitrogen and oxygen atoms in total. The molecule has 1 aliphatic rings. The Balaban J connectivity index is 2.13. The van der Waals surface area contributed by atoms with Crippen molar-refractivity contribution >= 4 is 0 Å². The van der Waals surface area contributed by atoms with Crippen LogP contribution in [0.4, 0.5) is 4.39 Å². The van der Waals surface area contributed by atoms with E-state index >= 15 is 0 Å². The average Bonchev–Trinajstić information content (AvgIpc) is 2.14. The van der Waals surface area contributed by atoms with Gasteiger partial charge in [-0.3, -0.25) is 0 Å². The summed E-state index contributed by atoms with van der Waals surface area (Å²) in [4.78, 5) is 0. The number of hydrogen-bond acceptors (Lipinski definition) is 1. The Morgan fingerprint density at radius 2 is 1.94 bits per heavy atom. The highest BCUT2D eigenvalue weighted by molar-refractivity contribution is 5.26. The molecular weight excluding hydrogens is 201 g/mol. The molecule has 0 aromatic heterocycles. The third kappa shape index (κ3) is 3.05. The Hall–Kier alpha value is -0.890. The maximum atomic E-state index is 13.3. The Kier molecular flexibility index (Phi) is 3.94. The van der Waals surface area contributed by atoms with Crippen molar-refractivity contribution in [1.82, 2.24) is 5.32 Å². The van der Waals surface area contributed by atoms with Crippen LogP contribution in [0.5, 0.6) is 0 Å². The minimum absolute atomic E-state index is 0.112. The van der Waals surface area contributed by atoms with Crippen LogP contribution >= 0.6 is 0 Å². The zero-order valence-corrected chi connectivity index (χ0v) is 9.93. The van der Waals surface area contributed by atoms with Gasteiger partial charge in [0, 0.05) is 6.04 Å². The van der Waals surface area contributed by atoms with Gasteiger partial charge in [0.15, 0.2) is 0 Å². The topological polar surface area (TPSA) is 12.0 Å². The van der Waals surface area contributed by atoms with Crippen molar-refractivity contribution in [3.05, 3.63) is 35.1 Å². The van der Waals surface area contributed by atoms with Gasteiger partial charge < -0.3 is 5.32 Å². The zero-order valence-electron chi connectivity index (χ0n) is 9.93. The molecule has 1 aromatic rings. The van der Waals surface area contributed by atoms with Gasteiger partial charge in [-0.15, -0.1) is 0 Å². The van der Waals surface area contributed by atoms with Crippen LogP contribution in [0.15, 0.2) is 18.2 Å². The first-order valence-electron chi connectivity index (χ1n) is 6.26. The predicted octanol–water partition coefficient (Wildman–Crippen LogP) is 3.73. The van der Waals surface area contributed by atoms with E-state index in [9.17, 15) is 4.39 Å². The molecule has 0 amide bonds. The largest absolute Gasteiger partial charge is 0.310 e. The monoisotopic (exact) mass is 221 g/mol. The molecule has 1 heterocycles. The first kappa shape index (κ1) is 11.6. The zero-order chi connectivity index (χ0) is 11.4. The lowest BCUT2D eigenvalue weighted by molar-refractivity contribution is 0.426. The minimum Gasteiger partial charge on any atom is -0.310 e. The van der Waals surface area contributed by atoms with E-state index in [4.69, 9.17) is 0 Å². The normalized spacial score (nSPS) is 22.5. The van der Waals surface area contributed by atoms with Crippen LogP contribution in [-0.2, 0) is 0 Å². The van der Waals surface area contributed by atoms with E-state index in [0.29, 0.717) is 6.04 Å². The van der Waals surface area contributed by atoms with Crippen LogP contribution < -0.4 is 5.32 Å². The number of halogens is 1. The van der Waals surface area contributed by atoms with E-state index in [0.717, 1.165) is 24.1 Å². The summed E-state index contributed by atoms with van der Waals surface area (Å²) >= 11 is 0. The van der Waals surface area contributed by atoms with E-state index in [2.05, 4.69) is 11.4 Å². The molecule has 1 aliphatic heterocycles. The Labute approximate surface area is 97.1 Å². The second kappa shape index (κ2) is 5.44. The number of hydrogen-bond donors (Lipinski definition) is 1. The maximum Gasteiger partial charge on any atom is 0.123 e. The molecule has 1 saturated heterocycles. The molecule has 0 saturated carbocycles. The standard InChI is InChI=1S/C14H20FN/c1-11-8-12(10-13(15)9-11)14-6-4-2-3-5-7-16-14/h8-10,14,16H,2-7H2,1H3. The van der Waals surface area contributed by atoms with Gasteiger partial charge in [0.1, 0.15) is 5.82 Å². The first-order valence-corrected chi connectivity index (χ1v) is 6.26. The van der Waals surface area contributed by atoms with Crippen LogP contribution in [0.3, 0.4) is 0 Å². The van der Waals surface area contributed by atoms with Gasteiger partial charge in [-0.05, 0) is 49.6 Å². The minimum atomic E-state index is -0.112. The lowest BCUT2D eigenvalue weighted by atomic mass is 9.96. The molecule has 0 spiro atoms. The summed E-state index contributed by atoms with van der Waals surface area (Å²) in [5, 5.41) is 3.53. The fraction of sp³-hybridized carbons (Fsp3) is 0.571. The van der Waals surface area contributed by atoms with Crippen LogP contribution in [-0.4, -0.2) is 6.54 Å². The van der Waals surface area contributed by atoms with Gasteiger partial charge in [0.25, 0.3) is 0 Å². The molecule has 1 N–H and O–H groups in total. The molecule has 88 valence electrons. The van der Waals surface area contributed by atoms with Gasteiger partial charge in [-0.2, -0.15) is 0 Å². The Bertz CT molecular complexity index is 320. The van der Waals surface area contributed by atoms with Gasteiger partial charge in [-0.1, -0.05) is 25.3 Å². The summed E-state index contributed by atoms with van der Waals surface area (Å²) in [6.45, 7) is 3.01. The van der Waals surface area contributed by atoms with Crippen molar-refractivity contribution in [3.63, 3.8) is 0 Å². The molecule has 2 rings (SSSR count). The van der Waals surface area contributed by atoms with Crippen molar-refractivity contribution in [2.75, 3.05) is 6.54 Å². The first-order chi connectivity index (χ1) is 7.75. The number of nitrogens with one attached hydrogen (secondary N) is 1. The SMILES string of the molecule is Cc1cc(F)cc(C2CCCCCCN2)c1. The molecule has 1 unspecified atom stereocenters. The summed E-state index contributed by atoms with van der Waals surface area (Å²) in [6, 6.07) is 5.70. The summed E-state index contributed by atoms with van der Waals surface area (Å²) in [5.41, 5.74) is 2.12. The van der Waals surface area contributed by atoms with E-state index in [-0.39, 0.29) is 5.82 Å². The third-order valence-electron chi connectivity index (χ3n) is 3.28. The highest BCUT2D eigenvalue weighted by Crippen LogP contribution is 2.23. The highest BCUT2D eigenvalue weighted by atomic mass is 19.1. The summed E-state index contributed by atoms with van der Waals surface area (Å²) in [6.07, 6.45) is 6.25. The Morgan fingerprint density at radius 1 is 1.12 bits per heavy atom. The summed E-state index contributed by atoms with van der Waals surface area (Å²) < 4.78 is 13.3. The second-order valence-electron chi connectivity index (χ2n) is 4.77. The van der Waals surface area contributed by atoms with Crippen molar-refractivity contribution in [3.8, 4) is 0 Å². The molecular formula is C14H20FN. The smallest absolute Gasteiger partial charge is 0.123 e. The molecule has 1 fully saturated rings. The number of aryl methyl sites for hydroxylation is 1. The van der Waals surface area contributed by atoms with Gasteiger partial charge >= 0.3 is 0 Å². The lowest BCUT2D eigenvalue weighted by Gasteiger charge is -2.22. The molecule has 0 radical (unpaired) electrons. The van der Waals surface area contributed by atoms with Gasteiger partial charge in [-0.25, -0.2) is 4.39 Å². The molecule has 0 aliphatic carbocycles. The molecule has 1 atom stereocenters. The van der Waals surface area contributed by atoms with Crippen LogP contribution in [0.2, 0.25) is 0 Å². The predicted molar refractivity (Wildman–Crippen MR) is 65.0 cm³/mol. The molecule has 2 heteroatoms. The molecule has 16 heavy (non-hydrogen) atoms. The van der Waals surface area contributed by atoms with Crippen LogP contribution in [0, 0.1) is 12.7 Å². The fourth-order valence-corrected chi connectivity index (χ4v) is 2.46. The van der Waals surface area contributed by atoms with E-state index in [1.807, 2.05) is 6.92 Å². The highest BCUT2D eigenvalue weighted by Gasteiger charge is 2.13. The average molecular weight is 221 g/mol. The van der Waals surface area contributed by atoms with Gasteiger partial charge in [0.05, 0.1) is 0 Å². The second-order valence-corrected chi connectivity index (χ2v) is 4.77. The third-order valence-corrected chi connectivity index (χ3v) is 3.28. The number of rotatable bonds is 1. The van der Waals surface area contributed by atoms with Crippen molar-refractivity contribution < 1.29 is 4.39 Å². The Morgan fingerprint density at radius 3 is 2.75 bits per heavy atom. The molecule has 1 aromatic carbocycles. The van der Waals surface area contributed by atoms with Crippen LogP contribution in [0.25, 0.3) is 0 Å². The molecule has 0 bridgehead atoms. The maximum absolute atomic E-state index is 13.3. The fourth-order valence-electron chi connectivity index (χ4n) is 2.46. The van der Waals surface area contributed by atoms with E-state index in [1.54, 1.807) is 12.1 Å². The summed E-state index contributed by atoms with van der Waals surface area (Å²) in [7, 11) is 0.